The number of halogens is 2. The summed E-state index contributed by atoms with van der Waals surface area (Å²) in [6.07, 6.45) is 1.61. The van der Waals surface area contributed by atoms with Gasteiger partial charge in [0.1, 0.15) is 0 Å². The van der Waals surface area contributed by atoms with Crippen molar-refractivity contribution in [3.8, 4) is 0 Å². The van der Waals surface area contributed by atoms with E-state index in [1.165, 1.54) is 4.90 Å². The molecule has 1 aliphatic heterocycles. The second kappa shape index (κ2) is 9.96. The average molecular weight is 448 g/mol. The number of nitrogens with one attached hydrogen (secondary N) is 1. The molecule has 2 aromatic carbocycles. The van der Waals surface area contributed by atoms with Gasteiger partial charge >= 0.3 is 0 Å². The first-order valence-corrected chi connectivity index (χ1v) is 10.6. The van der Waals surface area contributed by atoms with Gasteiger partial charge in [0.15, 0.2) is 0 Å². The van der Waals surface area contributed by atoms with Crippen molar-refractivity contribution in [1.82, 2.24) is 4.90 Å². The lowest BCUT2D eigenvalue weighted by atomic mass is 10.1. The molecule has 3 amide bonds. The Labute approximate surface area is 185 Å². The van der Waals surface area contributed by atoms with Gasteiger partial charge in [0.2, 0.25) is 17.7 Å². The highest BCUT2D eigenvalue weighted by Gasteiger charge is 2.22. The summed E-state index contributed by atoms with van der Waals surface area (Å²) in [7, 11) is 0. The zero-order valence-corrected chi connectivity index (χ0v) is 18.2. The fourth-order valence-electron chi connectivity index (χ4n) is 3.35. The Morgan fingerprint density at radius 2 is 1.77 bits per heavy atom. The zero-order valence-electron chi connectivity index (χ0n) is 16.7. The molecule has 1 heterocycles. The van der Waals surface area contributed by atoms with E-state index in [0.717, 1.165) is 24.2 Å². The van der Waals surface area contributed by atoms with Crippen molar-refractivity contribution >= 4 is 52.3 Å². The molecular formula is C22H23Cl2N3O3. The van der Waals surface area contributed by atoms with E-state index in [1.807, 2.05) is 31.2 Å². The molecule has 1 fully saturated rings. The van der Waals surface area contributed by atoms with Gasteiger partial charge < -0.3 is 15.1 Å². The minimum atomic E-state index is -0.372. The number of rotatable bonds is 7. The van der Waals surface area contributed by atoms with Gasteiger partial charge in [0, 0.05) is 25.2 Å². The van der Waals surface area contributed by atoms with E-state index in [9.17, 15) is 14.4 Å². The van der Waals surface area contributed by atoms with Crippen LogP contribution >= 0.6 is 23.2 Å². The molecule has 0 aromatic heterocycles. The van der Waals surface area contributed by atoms with Crippen LogP contribution in [-0.4, -0.2) is 42.3 Å². The van der Waals surface area contributed by atoms with E-state index < -0.39 is 0 Å². The number of hydrogen-bond donors (Lipinski definition) is 1. The van der Waals surface area contributed by atoms with Gasteiger partial charge in [-0.25, -0.2) is 0 Å². The smallest absolute Gasteiger partial charge is 0.244 e. The fourth-order valence-corrected chi connectivity index (χ4v) is 3.84. The largest absolute Gasteiger partial charge is 0.333 e. The van der Waals surface area contributed by atoms with Gasteiger partial charge in [-0.3, -0.25) is 14.4 Å². The van der Waals surface area contributed by atoms with E-state index in [1.54, 1.807) is 23.1 Å². The van der Waals surface area contributed by atoms with Crippen LogP contribution in [0.1, 0.15) is 25.3 Å². The molecule has 1 saturated heterocycles. The van der Waals surface area contributed by atoms with Gasteiger partial charge in [-0.2, -0.15) is 0 Å². The van der Waals surface area contributed by atoms with Crippen molar-refractivity contribution in [3.05, 3.63) is 58.1 Å². The van der Waals surface area contributed by atoms with E-state index >= 15 is 0 Å². The molecule has 8 heteroatoms. The first-order valence-electron chi connectivity index (χ1n) is 9.80. The van der Waals surface area contributed by atoms with Crippen molar-refractivity contribution in [1.29, 1.82) is 0 Å². The third-order valence-corrected chi connectivity index (χ3v) is 5.60. The summed E-state index contributed by atoms with van der Waals surface area (Å²) < 4.78 is 0. The summed E-state index contributed by atoms with van der Waals surface area (Å²) in [5.74, 6) is -0.411. The summed E-state index contributed by atoms with van der Waals surface area (Å²) in [4.78, 5) is 40.2. The van der Waals surface area contributed by atoms with Crippen LogP contribution in [0, 0.1) is 0 Å². The van der Waals surface area contributed by atoms with E-state index in [4.69, 9.17) is 23.2 Å². The molecule has 0 atom stereocenters. The van der Waals surface area contributed by atoms with Crippen LogP contribution in [0.25, 0.3) is 0 Å². The van der Waals surface area contributed by atoms with Crippen LogP contribution in [-0.2, 0) is 20.8 Å². The molecule has 0 aliphatic carbocycles. The van der Waals surface area contributed by atoms with Crippen LogP contribution in [0.5, 0.6) is 0 Å². The second-order valence-electron chi connectivity index (χ2n) is 7.04. The Morgan fingerprint density at radius 1 is 1.10 bits per heavy atom. The third-order valence-electron chi connectivity index (χ3n) is 4.97. The standard InChI is InChI=1S/C22H23Cl2N3O3/c1-2-26(14-19(28)25-22-17(23)5-3-6-18(22)24)21(30)13-15-8-10-16(11-9-15)27-12-4-7-20(27)29/h3,5-6,8-11H,2,4,7,12-14H2,1H3,(H,25,28). The molecule has 3 rings (SSSR count). The molecule has 1 N–H and O–H groups in total. The van der Waals surface area contributed by atoms with Gasteiger partial charge in [-0.1, -0.05) is 41.4 Å². The van der Waals surface area contributed by atoms with Crippen molar-refractivity contribution in [3.63, 3.8) is 0 Å². The number of carbonyl (C=O) groups is 3. The number of anilines is 2. The zero-order chi connectivity index (χ0) is 21.7. The van der Waals surface area contributed by atoms with Crippen LogP contribution in [0.3, 0.4) is 0 Å². The topological polar surface area (TPSA) is 69.7 Å². The molecule has 0 bridgehead atoms. The van der Waals surface area contributed by atoms with Gasteiger partial charge in [0.05, 0.1) is 28.7 Å². The quantitative estimate of drug-likeness (QED) is 0.692. The lowest BCUT2D eigenvalue weighted by Crippen LogP contribution is -2.38. The highest BCUT2D eigenvalue weighted by molar-refractivity contribution is 6.39. The molecule has 6 nitrogen and oxygen atoms in total. The summed E-state index contributed by atoms with van der Waals surface area (Å²) in [5, 5.41) is 3.34. The number of likely N-dealkylation sites (N-methyl/N-ethyl adjacent to an activating group) is 1. The van der Waals surface area contributed by atoms with Crippen LogP contribution < -0.4 is 10.2 Å². The molecule has 0 unspecified atom stereocenters. The second-order valence-corrected chi connectivity index (χ2v) is 7.86. The Bertz CT molecular complexity index is 927. The predicted octanol–water partition coefficient (Wildman–Crippen LogP) is 4.15. The van der Waals surface area contributed by atoms with Gasteiger partial charge in [-0.15, -0.1) is 0 Å². The van der Waals surface area contributed by atoms with Crippen molar-refractivity contribution in [2.45, 2.75) is 26.2 Å². The van der Waals surface area contributed by atoms with Crippen LogP contribution in [0.2, 0.25) is 10.0 Å². The Kier molecular flexibility index (Phi) is 7.34. The number of amides is 3. The Hall–Kier alpha value is -2.57. The van der Waals surface area contributed by atoms with Crippen molar-refractivity contribution in [2.24, 2.45) is 0 Å². The molecule has 158 valence electrons. The van der Waals surface area contributed by atoms with E-state index in [-0.39, 0.29) is 30.7 Å². The maximum absolute atomic E-state index is 12.7. The van der Waals surface area contributed by atoms with Crippen LogP contribution in [0.15, 0.2) is 42.5 Å². The lowest BCUT2D eigenvalue weighted by Gasteiger charge is -2.21. The Balaban J connectivity index is 1.59. The summed E-state index contributed by atoms with van der Waals surface area (Å²) >= 11 is 12.2. The maximum atomic E-state index is 12.7. The monoisotopic (exact) mass is 447 g/mol. The third kappa shape index (κ3) is 5.32. The van der Waals surface area contributed by atoms with E-state index in [2.05, 4.69) is 5.32 Å². The predicted molar refractivity (Wildman–Crippen MR) is 119 cm³/mol. The van der Waals surface area contributed by atoms with E-state index in [0.29, 0.717) is 28.7 Å². The molecule has 0 saturated carbocycles. The molecular weight excluding hydrogens is 425 g/mol. The molecule has 1 aliphatic rings. The van der Waals surface area contributed by atoms with Crippen molar-refractivity contribution in [2.75, 3.05) is 29.9 Å². The number of para-hydroxylation sites is 1. The number of hydrogen-bond acceptors (Lipinski definition) is 3. The lowest BCUT2D eigenvalue weighted by molar-refractivity contribution is -0.133. The SMILES string of the molecule is CCN(CC(=O)Nc1c(Cl)cccc1Cl)C(=O)Cc1ccc(N2CCCC2=O)cc1. The molecule has 2 aromatic rings. The number of carbonyl (C=O) groups excluding carboxylic acids is 3. The Morgan fingerprint density at radius 3 is 2.33 bits per heavy atom. The first-order chi connectivity index (χ1) is 14.4. The summed E-state index contributed by atoms with van der Waals surface area (Å²) in [6.45, 7) is 2.83. The number of benzene rings is 2. The van der Waals surface area contributed by atoms with Crippen LogP contribution in [0.4, 0.5) is 11.4 Å². The summed E-state index contributed by atoms with van der Waals surface area (Å²) in [6, 6.07) is 12.3. The minimum Gasteiger partial charge on any atom is -0.333 e. The fraction of sp³-hybridized carbons (Fsp3) is 0.318. The van der Waals surface area contributed by atoms with Gasteiger partial charge in [0.25, 0.3) is 0 Å². The van der Waals surface area contributed by atoms with Gasteiger partial charge in [-0.05, 0) is 43.2 Å². The summed E-state index contributed by atoms with van der Waals surface area (Å²) in [5.41, 5.74) is 2.00. The van der Waals surface area contributed by atoms with Crippen molar-refractivity contribution < 1.29 is 14.4 Å². The molecule has 30 heavy (non-hydrogen) atoms. The normalized spacial score (nSPS) is 13.4. The maximum Gasteiger partial charge on any atom is 0.244 e. The highest BCUT2D eigenvalue weighted by Crippen LogP contribution is 2.29. The molecule has 0 spiro atoms. The first kappa shape index (κ1) is 22.1. The number of nitrogens with zero attached hydrogens (tertiary/aromatic N) is 2. The highest BCUT2D eigenvalue weighted by atomic mass is 35.5. The average Bonchev–Trinajstić information content (AvgIpc) is 3.15. The minimum absolute atomic E-state index is 0.1000. The molecule has 0 radical (unpaired) electrons.